The minimum absolute atomic E-state index is 0.0147. The number of alkyl halides is 3. The molecule has 112 valence electrons. The molecule has 0 saturated heterocycles. The van der Waals surface area contributed by atoms with Crippen LogP contribution in [0.3, 0.4) is 0 Å². The Morgan fingerprint density at radius 3 is 2.55 bits per heavy atom. The van der Waals surface area contributed by atoms with Crippen molar-refractivity contribution in [2.45, 2.75) is 32.5 Å². The lowest BCUT2D eigenvalue weighted by Crippen LogP contribution is -2.31. The molecular formula is C13H16BrF3N2O. The molecule has 0 aliphatic heterocycles. The van der Waals surface area contributed by atoms with Crippen LogP contribution < -0.4 is 10.6 Å². The fraction of sp³-hybridized carbons (Fsp3) is 0.462. The first-order valence-electron chi connectivity index (χ1n) is 6.10. The number of carbonyl (C=O) groups excluding carboxylic acids is 1. The van der Waals surface area contributed by atoms with Gasteiger partial charge in [-0.2, -0.15) is 13.2 Å². The first-order chi connectivity index (χ1) is 9.20. The van der Waals surface area contributed by atoms with Crippen LogP contribution in [0.5, 0.6) is 0 Å². The summed E-state index contributed by atoms with van der Waals surface area (Å²) in [6.07, 6.45) is -4.32. The number of benzene rings is 1. The number of hydrogen-bond donors (Lipinski definition) is 2. The van der Waals surface area contributed by atoms with Gasteiger partial charge in [-0.15, -0.1) is 0 Å². The second kappa shape index (κ2) is 6.97. The molecule has 0 heterocycles. The zero-order valence-electron chi connectivity index (χ0n) is 11.1. The summed E-state index contributed by atoms with van der Waals surface area (Å²) < 4.78 is 38.9. The zero-order chi connectivity index (χ0) is 15.3. The molecule has 2 N–H and O–H groups in total. The molecule has 1 rings (SSSR count). The number of hydrogen-bond acceptors (Lipinski definition) is 2. The molecule has 7 heteroatoms. The topological polar surface area (TPSA) is 41.1 Å². The maximum Gasteiger partial charge on any atom is 0.418 e. The van der Waals surface area contributed by atoms with Gasteiger partial charge in [0.2, 0.25) is 5.91 Å². The fourth-order valence-corrected chi connectivity index (χ4v) is 1.97. The Morgan fingerprint density at radius 1 is 1.35 bits per heavy atom. The van der Waals surface area contributed by atoms with Crippen molar-refractivity contribution >= 4 is 27.5 Å². The quantitative estimate of drug-likeness (QED) is 0.846. The molecule has 1 aromatic rings. The highest BCUT2D eigenvalue weighted by molar-refractivity contribution is 9.10. The van der Waals surface area contributed by atoms with Gasteiger partial charge in [-0.3, -0.25) is 4.79 Å². The number of amides is 1. The third-order valence-electron chi connectivity index (χ3n) is 2.40. The van der Waals surface area contributed by atoms with E-state index < -0.39 is 11.7 Å². The molecule has 3 nitrogen and oxygen atoms in total. The van der Waals surface area contributed by atoms with E-state index in [1.165, 1.54) is 12.1 Å². The molecule has 20 heavy (non-hydrogen) atoms. The molecule has 0 fully saturated rings. The smallest absolute Gasteiger partial charge is 0.384 e. The predicted octanol–water partition coefficient (Wildman–Crippen LogP) is 3.79. The molecule has 0 saturated carbocycles. The number of rotatable bonds is 5. The third-order valence-corrected chi connectivity index (χ3v) is 2.90. The molecule has 1 amide bonds. The maximum atomic E-state index is 12.8. The van der Waals surface area contributed by atoms with Gasteiger partial charge in [-0.05, 0) is 32.0 Å². The highest BCUT2D eigenvalue weighted by Crippen LogP contribution is 2.36. The van der Waals surface area contributed by atoms with Gasteiger partial charge in [0.25, 0.3) is 0 Å². The van der Waals surface area contributed by atoms with Gasteiger partial charge >= 0.3 is 6.18 Å². The molecule has 0 aliphatic carbocycles. The van der Waals surface area contributed by atoms with E-state index >= 15 is 0 Å². The van der Waals surface area contributed by atoms with Crippen molar-refractivity contribution in [3.63, 3.8) is 0 Å². The molecular weight excluding hydrogens is 337 g/mol. The van der Waals surface area contributed by atoms with Crippen molar-refractivity contribution in [3.05, 3.63) is 28.2 Å². The Balaban J connectivity index is 2.67. The lowest BCUT2D eigenvalue weighted by molar-refractivity contribution is -0.137. The minimum atomic E-state index is -4.44. The fourth-order valence-electron chi connectivity index (χ4n) is 1.61. The second-order valence-electron chi connectivity index (χ2n) is 4.59. The average molecular weight is 353 g/mol. The Hall–Kier alpha value is -1.24. The molecule has 0 aromatic heterocycles. The molecule has 0 radical (unpaired) electrons. The normalized spacial score (nSPS) is 11.6. The van der Waals surface area contributed by atoms with Crippen molar-refractivity contribution in [2.24, 2.45) is 0 Å². The molecule has 0 unspecified atom stereocenters. The first-order valence-corrected chi connectivity index (χ1v) is 6.89. The highest BCUT2D eigenvalue weighted by Gasteiger charge is 2.33. The summed E-state index contributed by atoms with van der Waals surface area (Å²) in [5, 5.41) is 5.32. The van der Waals surface area contributed by atoms with Crippen LogP contribution in [0.4, 0.5) is 18.9 Å². The van der Waals surface area contributed by atoms with E-state index in [1.807, 2.05) is 13.8 Å². The van der Waals surface area contributed by atoms with Gasteiger partial charge in [-0.25, -0.2) is 0 Å². The minimum Gasteiger partial charge on any atom is -0.384 e. The lowest BCUT2D eigenvalue weighted by Gasteiger charge is -2.15. The van der Waals surface area contributed by atoms with Crippen LogP contribution in [0.15, 0.2) is 22.7 Å². The van der Waals surface area contributed by atoms with Crippen molar-refractivity contribution in [3.8, 4) is 0 Å². The molecule has 0 aliphatic rings. The average Bonchev–Trinajstić information content (AvgIpc) is 2.28. The van der Waals surface area contributed by atoms with Crippen LogP contribution in [0, 0.1) is 0 Å². The van der Waals surface area contributed by atoms with Gasteiger partial charge in [0.1, 0.15) is 0 Å². The Bertz CT molecular complexity index is 475. The molecule has 0 spiro atoms. The third kappa shape index (κ3) is 5.40. The number of halogens is 4. The van der Waals surface area contributed by atoms with Crippen molar-refractivity contribution < 1.29 is 18.0 Å². The number of anilines is 1. The number of carbonyl (C=O) groups is 1. The van der Waals surface area contributed by atoms with E-state index in [1.54, 1.807) is 0 Å². The SMILES string of the molecule is CC(C)NC(=O)CCNc1ccc(Br)cc1C(F)(F)F. The van der Waals surface area contributed by atoms with Crippen LogP contribution in [0.2, 0.25) is 0 Å². The van der Waals surface area contributed by atoms with Gasteiger partial charge in [0.15, 0.2) is 0 Å². The summed E-state index contributed by atoms with van der Waals surface area (Å²) in [6, 6.07) is 3.89. The summed E-state index contributed by atoms with van der Waals surface area (Å²) in [7, 11) is 0. The van der Waals surface area contributed by atoms with E-state index in [4.69, 9.17) is 0 Å². The largest absolute Gasteiger partial charge is 0.418 e. The van der Waals surface area contributed by atoms with Crippen LogP contribution in [0.25, 0.3) is 0 Å². The van der Waals surface area contributed by atoms with Gasteiger partial charge < -0.3 is 10.6 Å². The van der Waals surface area contributed by atoms with E-state index in [-0.39, 0.29) is 30.6 Å². The highest BCUT2D eigenvalue weighted by atomic mass is 79.9. The van der Waals surface area contributed by atoms with Crippen molar-refractivity contribution in [1.29, 1.82) is 0 Å². The van der Waals surface area contributed by atoms with E-state index in [9.17, 15) is 18.0 Å². The zero-order valence-corrected chi connectivity index (χ0v) is 12.7. The summed E-state index contributed by atoms with van der Waals surface area (Å²) in [5.41, 5.74) is -0.783. The Morgan fingerprint density at radius 2 is 2.00 bits per heavy atom. The van der Waals surface area contributed by atoms with Crippen LogP contribution in [-0.2, 0) is 11.0 Å². The molecule has 0 bridgehead atoms. The molecule has 0 atom stereocenters. The number of nitrogens with one attached hydrogen (secondary N) is 2. The predicted molar refractivity (Wildman–Crippen MR) is 75.5 cm³/mol. The van der Waals surface area contributed by atoms with E-state index in [0.717, 1.165) is 6.07 Å². The van der Waals surface area contributed by atoms with Crippen LogP contribution in [-0.4, -0.2) is 18.5 Å². The lowest BCUT2D eigenvalue weighted by atomic mass is 10.1. The molecule has 1 aromatic carbocycles. The second-order valence-corrected chi connectivity index (χ2v) is 5.50. The van der Waals surface area contributed by atoms with Crippen LogP contribution in [0.1, 0.15) is 25.8 Å². The maximum absolute atomic E-state index is 12.8. The first kappa shape index (κ1) is 16.8. The monoisotopic (exact) mass is 352 g/mol. The van der Waals surface area contributed by atoms with Crippen LogP contribution >= 0.6 is 15.9 Å². The summed E-state index contributed by atoms with van der Waals surface area (Å²) in [5.74, 6) is -0.196. The van der Waals surface area contributed by atoms with E-state index in [2.05, 4.69) is 26.6 Å². The Labute approximate surface area is 124 Å². The summed E-state index contributed by atoms with van der Waals surface area (Å²) in [4.78, 5) is 11.4. The van der Waals surface area contributed by atoms with Crippen molar-refractivity contribution in [1.82, 2.24) is 5.32 Å². The van der Waals surface area contributed by atoms with Gasteiger partial charge in [0, 0.05) is 29.2 Å². The standard InChI is InChI=1S/C13H16BrF3N2O/c1-8(2)19-12(20)5-6-18-11-4-3-9(14)7-10(11)13(15,16)17/h3-4,7-8,18H,5-6H2,1-2H3,(H,19,20). The van der Waals surface area contributed by atoms with Crippen molar-refractivity contribution in [2.75, 3.05) is 11.9 Å². The van der Waals surface area contributed by atoms with Gasteiger partial charge in [0.05, 0.1) is 5.56 Å². The summed E-state index contributed by atoms with van der Waals surface area (Å²) in [6.45, 7) is 3.78. The Kier molecular flexibility index (Phi) is 5.86. The van der Waals surface area contributed by atoms with Gasteiger partial charge in [-0.1, -0.05) is 15.9 Å². The summed E-state index contributed by atoms with van der Waals surface area (Å²) >= 11 is 3.02. The van der Waals surface area contributed by atoms with E-state index in [0.29, 0.717) is 4.47 Å².